The fourth-order valence-electron chi connectivity index (χ4n) is 0.725. The SMILES string of the molecule is [O-][N+]#Cc1ccc(C#[N+][O-])cc1. The van der Waals surface area contributed by atoms with E-state index in [1.165, 1.54) is 0 Å². The molecule has 1 aromatic rings. The molecule has 0 aliphatic heterocycles. The summed E-state index contributed by atoms with van der Waals surface area (Å²) >= 11 is 0. The molecule has 58 valence electrons. The minimum absolute atomic E-state index is 0.557. The Morgan fingerprint density at radius 3 is 1.42 bits per heavy atom. The average molecular weight is 160 g/mol. The summed E-state index contributed by atoms with van der Waals surface area (Å²) in [5.74, 6) is 0. The molecule has 0 amide bonds. The normalized spacial score (nSPS) is 7.33. The van der Waals surface area contributed by atoms with Crippen LogP contribution in [0.4, 0.5) is 0 Å². The summed E-state index contributed by atoms with van der Waals surface area (Å²) in [4.78, 5) is 0. The molecular weight excluding hydrogens is 156 g/mol. The third-order valence-corrected chi connectivity index (χ3v) is 1.23. The van der Waals surface area contributed by atoms with Gasteiger partial charge in [0.2, 0.25) is 0 Å². The minimum atomic E-state index is 0.557. The molecule has 1 rings (SSSR count). The van der Waals surface area contributed by atoms with Gasteiger partial charge < -0.3 is 10.4 Å². The summed E-state index contributed by atoms with van der Waals surface area (Å²) in [6.07, 6.45) is 0. The molecule has 0 atom stereocenters. The predicted octanol–water partition coefficient (Wildman–Crippen LogP) is 2.04. The molecule has 4 heteroatoms. The van der Waals surface area contributed by atoms with E-state index in [-0.39, 0.29) is 0 Å². The zero-order valence-electron chi connectivity index (χ0n) is 6.02. The van der Waals surface area contributed by atoms with Gasteiger partial charge in [0.15, 0.2) is 0 Å². The zero-order valence-corrected chi connectivity index (χ0v) is 6.02. The van der Waals surface area contributed by atoms with Crippen LogP contribution in [0.1, 0.15) is 11.1 Å². The molecule has 12 heavy (non-hydrogen) atoms. The van der Waals surface area contributed by atoms with Gasteiger partial charge in [-0.05, 0) is 24.3 Å². The van der Waals surface area contributed by atoms with Crippen molar-refractivity contribution in [2.24, 2.45) is 0 Å². The molecule has 0 unspecified atom stereocenters. The highest BCUT2D eigenvalue weighted by molar-refractivity contribution is 5.39. The molecule has 0 bridgehead atoms. The van der Waals surface area contributed by atoms with Crippen molar-refractivity contribution in [3.8, 4) is 12.1 Å². The lowest BCUT2D eigenvalue weighted by atomic mass is 10.2. The second kappa shape index (κ2) is 3.85. The van der Waals surface area contributed by atoms with Crippen LogP contribution in [-0.4, -0.2) is 0 Å². The maximum absolute atomic E-state index is 9.74. The number of rotatable bonds is 0. The lowest BCUT2D eigenvalue weighted by Crippen LogP contribution is -1.75. The van der Waals surface area contributed by atoms with E-state index in [1.54, 1.807) is 24.3 Å². The van der Waals surface area contributed by atoms with Gasteiger partial charge >= 0.3 is 12.1 Å². The van der Waals surface area contributed by atoms with Crippen molar-refractivity contribution in [1.29, 1.82) is 0 Å². The third kappa shape index (κ3) is 1.89. The highest BCUT2D eigenvalue weighted by Gasteiger charge is 1.96. The summed E-state index contributed by atoms with van der Waals surface area (Å²) in [5, 5.41) is 24.4. The molecular formula is C8H4N2O2. The molecule has 0 aromatic heterocycles. The topological polar surface area (TPSA) is 54.8 Å². The Labute approximate surface area is 68.9 Å². The summed E-state index contributed by atoms with van der Waals surface area (Å²) in [6.45, 7) is 0. The molecule has 0 spiro atoms. The second-order valence-electron chi connectivity index (χ2n) is 1.98. The van der Waals surface area contributed by atoms with Gasteiger partial charge in [0.1, 0.15) is 11.1 Å². The maximum Gasteiger partial charge on any atom is 0.336 e. The van der Waals surface area contributed by atoms with Crippen LogP contribution in [0.5, 0.6) is 0 Å². The largest absolute Gasteiger partial charge is 0.498 e. The van der Waals surface area contributed by atoms with Gasteiger partial charge in [-0.2, -0.15) is 0 Å². The molecule has 1 aromatic carbocycles. The van der Waals surface area contributed by atoms with E-state index in [0.29, 0.717) is 11.1 Å². The molecule has 0 aliphatic rings. The standard InChI is InChI=1S/C8H4N2O2/c11-9-5-7-1-2-8(4-3-7)6-10-12/h1-4H. The first-order valence-electron chi connectivity index (χ1n) is 3.13. The van der Waals surface area contributed by atoms with Gasteiger partial charge in [0.25, 0.3) is 0 Å². The van der Waals surface area contributed by atoms with Gasteiger partial charge in [0, 0.05) is 10.0 Å². The van der Waals surface area contributed by atoms with Crippen molar-refractivity contribution in [1.82, 2.24) is 0 Å². The molecule has 0 N–H and O–H groups in total. The first-order chi connectivity index (χ1) is 5.86. The summed E-state index contributed by atoms with van der Waals surface area (Å²) < 4.78 is 0. The van der Waals surface area contributed by atoms with Crippen molar-refractivity contribution >= 4 is 0 Å². The summed E-state index contributed by atoms with van der Waals surface area (Å²) in [7, 11) is 0. The fourth-order valence-corrected chi connectivity index (χ4v) is 0.725. The van der Waals surface area contributed by atoms with Crippen LogP contribution in [0.25, 0.3) is 10.0 Å². The fraction of sp³-hybridized carbons (Fsp3) is 0. The van der Waals surface area contributed by atoms with E-state index in [2.05, 4.69) is 22.2 Å². The third-order valence-electron chi connectivity index (χ3n) is 1.23. The quantitative estimate of drug-likeness (QED) is 0.545. The van der Waals surface area contributed by atoms with Crippen LogP contribution in [-0.2, 0) is 0 Å². The smallest absolute Gasteiger partial charge is 0.336 e. The van der Waals surface area contributed by atoms with Gasteiger partial charge in [-0.1, -0.05) is 0 Å². The van der Waals surface area contributed by atoms with Gasteiger partial charge in [0.05, 0.1) is 0 Å². The van der Waals surface area contributed by atoms with Gasteiger partial charge in [-0.15, -0.1) is 0 Å². The Bertz CT molecular complexity index is 336. The maximum atomic E-state index is 9.74. The highest BCUT2D eigenvalue weighted by atomic mass is 16.4. The van der Waals surface area contributed by atoms with E-state index in [0.717, 1.165) is 0 Å². The van der Waals surface area contributed by atoms with Crippen LogP contribution in [0.3, 0.4) is 0 Å². The monoisotopic (exact) mass is 160 g/mol. The van der Waals surface area contributed by atoms with Gasteiger partial charge in [-0.3, -0.25) is 0 Å². The van der Waals surface area contributed by atoms with Crippen molar-refractivity contribution < 1.29 is 0 Å². The molecule has 0 radical (unpaired) electrons. The number of hydrogen-bond donors (Lipinski definition) is 0. The Hall–Kier alpha value is -2.20. The van der Waals surface area contributed by atoms with Crippen LogP contribution < -0.4 is 0 Å². The summed E-state index contributed by atoms with van der Waals surface area (Å²) in [6, 6.07) is 10.8. The van der Waals surface area contributed by atoms with E-state index >= 15 is 0 Å². The van der Waals surface area contributed by atoms with Crippen LogP contribution >= 0.6 is 0 Å². The van der Waals surface area contributed by atoms with E-state index in [1.807, 2.05) is 0 Å². The lowest BCUT2D eigenvalue weighted by Gasteiger charge is -1.82. The first kappa shape index (κ1) is 7.90. The van der Waals surface area contributed by atoms with Crippen LogP contribution in [0.15, 0.2) is 24.3 Å². The number of nitrogens with zero attached hydrogens (tertiary/aromatic N) is 2. The van der Waals surface area contributed by atoms with Crippen molar-refractivity contribution in [2.75, 3.05) is 0 Å². The predicted molar refractivity (Wildman–Crippen MR) is 45.9 cm³/mol. The Balaban J connectivity index is 2.95. The molecule has 4 nitrogen and oxygen atoms in total. The average Bonchev–Trinajstić information content (AvgIpc) is 2.09. The van der Waals surface area contributed by atoms with Crippen molar-refractivity contribution in [3.63, 3.8) is 0 Å². The van der Waals surface area contributed by atoms with Crippen LogP contribution in [0, 0.1) is 22.6 Å². The number of benzene rings is 1. The van der Waals surface area contributed by atoms with Crippen molar-refractivity contribution in [2.45, 2.75) is 0 Å². The molecule has 0 heterocycles. The zero-order chi connectivity index (χ0) is 8.81. The molecule has 0 saturated carbocycles. The van der Waals surface area contributed by atoms with Crippen molar-refractivity contribution in [3.05, 3.63) is 55.8 Å². The molecule has 0 aliphatic carbocycles. The van der Waals surface area contributed by atoms with E-state index in [9.17, 15) is 10.4 Å². The Morgan fingerprint density at radius 2 is 1.17 bits per heavy atom. The summed E-state index contributed by atoms with van der Waals surface area (Å²) in [5.41, 5.74) is 1.11. The molecule has 0 fully saturated rings. The van der Waals surface area contributed by atoms with Crippen LogP contribution in [0.2, 0.25) is 0 Å². The Morgan fingerprint density at radius 1 is 0.833 bits per heavy atom. The Kier molecular flexibility index (Phi) is 2.53. The van der Waals surface area contributed by atoms with E-state index < -0.39 is 0 Å². The molecule has 0 saturated heterocycles. The number of hydrogen-bond acceptors (Lipinski definition) is 2. The van der Waals surface area contributed by atoms with E-state index in [4.69, 9.17) is 0 Å². The lowest BCUT2D eigenvalue weighted by molar-refractivity contribution is 1.60. The highest BCUT2D eigenvalue weighted by Crippen LogP contribution is 2.01. The minimum Gasteiger partial charge on any atom is -0.498 e. The second-order valence-corrected chi connectivity index (χ2v) is 1.98. The first-order valence-corrected chi connectivity index (χ1v) is 3.13. The van der Waals surface area contributed by atoms with Gasteiger partial charge in [-0.25, -0.2) is 0 Å².